The molecule has 0 aliphatic heterocycles. The Morgan fingerprint density at radius 3 is 2.54 bits per heavy atom. The molecule has 4 nitrogen and oxygen atoms in total. The third-order valence-electron chi connectivity index (χ3n) is 3.80. The molecule has 136 valence electrons. The van der Waals surface area contributed by atoms with Crippen LogP contribution in [0.3, 0.4) is 0 Å². The van der Waals surface area contributed by atoms with Crippen molar-refractivity contribution in [3.05, 3.63) is 65.3 Å². The molecule has 0 spiro atoms. The van der Waals surface area contributed by atoms with Crippen LogP contribution >= 0.6 is 11.6 Å². The number of rotatable bonds is 2. The Morgan fingerprint density at radius 1 is 1.00 bits per heavy atom. The standard InChI is InChI=1S/C17H13ClN4.2C2H6/c1-11-8-22(17-15(11)7-19-10-21-17)9-12-2-3-16-13(4-12)5-14(18)6-20-16;2*1-2/h2-8,10H,9H2,1H3;2*1-2H3. The Balaban J connectivity index is 0.000000570. The average molecular weight is 369 g/mol. The third kappa shape index (κ3) is 4.20. The van der Waals surface area contributed by atoms with Crippen LogP contribution < -0.4 is 0 Å². The highest BCUT2D eigenvalue weighted by atomic mass is 35.5. The van der Waals surface area contributed by atoms with Gasteiger partial charge in [0, 0.05) is 35.9 Å². The Kier molecular flexibility index (Phi) is 7.10. The summed E-state index contributed by atoms with van der Waals surface area (Å²) in [5.41, 5.74) is 4.27. The van der Waals surface area contributed by atoms with Gasteiger partial charge in [0.25, 0.3) is 0 Å². The summed E-state index contributed by atoms with van der Waals surface area (Å²) in [4.78, 5) is 12.8. The van der Waals surface area contributed by atoms with Gasteiger partial charge in [0.05, 0.1) is 10.5 Å². The van der Waals surface area contributed by atoms with E-state index < -0.39 is 0 Å². The molecule has 0 N–H and O–H groups in total. The second kappa shape index (κ2) is 9.30. The van der Waals surface area contributed by atoms with Gasteiger partial charge in [-0.1, -0.05) is 45.4 Å². The van der Waals surface area contributed by atoms with Gasteiger partial charge in [0.15, 0.2) is 0 Å². The summed E-state index contributed by atoms with van der Waals surface area (Å²) in [6, 6.07) is 8.17. The Morgan fingerprint density at radius 2 is 1.77 bits per heavy atom. The summed E-state index contributed by atoms with van der Waals surface area (Å²) < 4.78 is 2.14. The molecule has 0 amide bonds. The molecule has 5 heteroatoms. The zero-order valence-corrected chi connectivity index (χ0v) is 16.7. The highest BCUT2D eigenvalue weighted by Crippen LogP contribution is 2.21. The van der Waals surface area contributed by atoms with Crippen LogP contribution in [0.25, 0.3) is 21.9 Å². The highest BCUT2D eigenvalue weighted by molar-refractivity contribution is 6.31. The largest absolute Gasteiger partial charge is 0.328 e. The van der Waals surface area contributed by atoms with E-state index in [2.05, 4.69) is 44.8 Å². The van der Waals surface area contributed by atoms with Crippen LogP contribution in [-0.2, 0) is 6.54 Å². The number of benzene rings is 1. The van der Waals surface area contributed by atoms with Crippen molar-refractivity contribution in [2.45, 2.75) is 41.2 Å². The number of aromatic nitrogens is 4. The maximum atomic E-state index is 6.03. The fourth-order valence-electron chi connectivity index (χ4n) is 2.76. The van der Waals surface area contributed by atoms with Gasteiger partial charge < -0.3 is 4.57 Å². The fourth-order valence-corrected chi connectivity index (χ4v) is 2.93. The minimum absolute atomic E-state index is 0.652. The molecule has 3 aromatic heterocycles. The summed E-state index contributed by atoms with van der Waals surface area (Å²) in [6.45, 7) is 10.8. The Bertz CT molecular complexity index is 992. The predicted molar refractivity (Wildman–Crippen MR) is 111 cm³/mol. The van der Waals surface area contributed by atoms with Crippen LogP contribution in [0.5, 0.6) is 0 Å². The molecule has 4 aromatic rings. The number of nitrogens with zero attached hydrogens (tertiary/aromatic N) is 4. The summed E-state index contributed by atoms with van der Waals surface area (Å²) in [7, 11) is 0. The zero-order valence-electron chi connectivity index (χ0n) is 16.0. The van der Waals surface area contributed by atoms with E-state index in [-0.39, 0.29) is 0 Å². The lowest BCUT2D eigenvalue weighted by atomic mass is 10.1. The molecule has 4 rings (SSSR count). The van der Waals surface area contributed by atoms with Crippen LogP contribution in [0.1, 0.15) is 38.8 Å². The van der Waals surface area contributed by atoms with Crippen molar-refractivity contribution in [1.82, 2.24) is 19.5 Å². The molecule has 3 heterocycles. The van der Waals surface area contributed by atoms with Crippen molar-refractivity contribution in [2.75, 3.05) is 0 Å². The molecule has 0 fully saturated rings. The normalized spacial score (nSPS) is 10.1. The van der Waals surface area contributed by atoms with E-state index in [9.17, 15) is 0 Å². The van der Waals surface area contributed by atoms with E-state index in [0.29, 0.717) is 5.02 Å². The molecule has 0 aliphatic carbocycles. The van der Waals surface area contributed by atoms with E-state index in [1.165, 1.54) is 11.1 Å². The zero-order chi connectivity index (χ0) is 19.1. The van der Waals surface area contributed by atoms with E-state index >= 15 is 0 Å². The number of halogens is 1. The maximum absolute atomic E-state index is 6.03. The quantitative estimate of drug-likeness (QED) is 0.433. The first kappa shape index (κ1) is 19.9. The highest BCUT2D eigenvalue weighted by Gasteiger charge is 2.07. The van der Waals surface area contributed by atoms with Crippen LogP contribution in [-0.4, -0.2) is 19.5 Å². The first-order valence-electron chi connectivity index (χ1n) is 9.00. The lowest BCUT2D eigenvalue weighted by Crippen LogP contribution is -1.99. The summed E-state index contributed by atoms with van der Waals surface area (Å²) >= 11 is 6.03. The number of fused-ring (bicyclic) bond motifs is 2. The molecular weight excluding hydrogens is 344 g/mol. The monoisotopic (exact) mass is 368 g/mol. The number of aryl methyl sites for hydroxylation is 1. The van der Waals surface area contributed by atoms with Crippen LogP contribution in [0, 0.1) is 6.92 Å². The molecule has 0 unspecified atom stereocenters. The van der Waals surface area contributed by atoms with Crippen molar-refractivity contribution in [1.29, 1.82) is 0 Å². The minimum atomic E-state index is 0.652. The Labute approximate surface area is 159 Å². The van der Waals surface area contributed by atoms with Gasteiger partial charge in [-0.25, -0.2) is 9.97 Å². The van der Waals surface area contributed by atoms with Gasteiger partial charge in [0.1, 0.15) is 12.0 Å². The second-order valence-electron chi connectivity index (χ2n) is 5.38. The Hall–Kier alpha value is -2.46. The fraction of sp³-hybridized carbons (Fsp3) is 0.286. The summed E-state index contributed by atoms with van der Waals surface area (Å²) in [6.07, 6.45) is 7.23. The van der Waals surface area contributed by atoms with E-state index in [4.69, 9.17) is 11.6 Å². The van der Waals surface area contributed by atoms with Gasteiger partial charge in [0.2, 0.25) is 0 Å². The van der Waals surface area contributed by atoms with Gasteiger partial charge in [-0.05, 0) is 36.2 Å². The van der Waals surface area contributed by atoms with Gasteiger partial charge in [-0.15, -0.1) is 0 Å². The molecule has 0 bridgehead atoms. The smallest absolute Gasteiger partial charge is 0.143 e. The van der Waals surface area contributed by atoms with E-state index in [1.54, 1.807) is 12.5 Å². The van der Waals surface area contributed by atoms with Gasteiger partial charge >= 0.3 is 0 Å². The number of hydrogen-bond donors (Lipinski definition) is 0. The first-order chi connectivity index (χ1) is 12.7. The molecule has 0 saturated heterocycles. The van der Waals surface area contributed by atoms with Crippen molar-refractivity contribution in [3.63, 3.8) is 0 Å². The molecule has 0 aliphatic rings. The lowest BCUT2D eigenvalue weighted by molar-refractivity contribution is 0.822. The van der Waals surface area contributed by atoms with E-state index in [1.807, 2.05) is 46.0 Å². The summed E-state index contributed by atoms with van der Waals surface area (Å²) in [5.74, 6) is 0. The van der Waals surface area contributed by atoms with Crippen molar-refractivity contribution >= 4 is 33.5 Å². The topological polar surface area (TPSA) is 43.6 Å². The second-order valence-corrected chi connectivity index (χ2v) is 5.82. The van der Waals surface area contributed by atoms with Crippen molar-refractivity contribution in [3.8, 4) is 0 Å². The van der Waals surface area contributed by atoms with Crippen molar-refractivity contribution in [2.24, 2.45) is 0 Å². The van der Waals surface area contributed by atoms with Crippen LogP contribution in [0.4, 0.5) is 0 Å². The van der Waals surface area contributed by atoms with Crippen LogP contribution in [0.2, 0.25) is 5.02 Å². The number of pyridine rings is 1. The SMILES string of the molecule is CC.CC.Cc1cn(Cc2ccc3ncc(Cl)cc3c2)c2ncncc12. The minimum Gasteiger partial charge on any atom is -0.328 e. The molecule has 0 atom stereocenters. The van der Waals surface area contributed by atoms with Gasteiger partial charge in [-0.3, -0.25) is 4.98 Å². The third-order valence-corrected chi connectivity index (χ3v) is 4.01. The van der Waals surface area contributed by atoms with Gasteiger partial charge in [-0.2, -0.15) is 0 Å². The maximum Gasteiger partial charge on any atom is 0.143 e. The summed E-state index contributed by atoms with van der Waals surface area (Å²) in [5, 5.41) is 2.79. The average Bonchev–Trinajstić information content (AvgIpc) is 3.01. The first-order valence-corrected chi connectivity index (χ1v) is 9.38. The lowest BCUT2D eigenvalue weighted by Gasteiger charge is -2.06. The molecule has 0 radical (unpaired) electrons. The van der Waals surface area contributed by atoms with Crippen molar-refractivity contribution < 1.29 is 0 Å². The molecule has 26 heavy (non-hydrogen) atoms. The molecular formula is C21H25ClN4. The number of hydrogen-bond acceptors (Lipinski definition) is 3. The molecule has 1 aromatic carbocycles. The van der Waals surface area contributed by atoms with Crippen LogP contribution in [0.15, 0.2) is 49.2 Å². The predicted octanol–water partition coefficient (Wildman–Crippen LogP) is 6.04. The molecule has 0 saturated carbocycles. The van der Waals surface area contributed by atoms with E-state index in [0.717, 1.165) is 28.5 Å².